The number of hydrogen-bond donors (Lipinski definition) is 2. The van der Waals surface area contributed by atoms with Gasteiger partial charge in [0.25, 0.3) is 0 Å². The maximum Gasteiger partial charge on any atom is 0.246 e. The zero-order valence-electron chi connectivity index (χ0n) is 9.89. The summed E-state index contributed by atoms with van der Waals surface area (Å²) >= 11 is 11.7. The number of aryl methyl sites for hydroxylation is 1. The standard InChI is InChI=1S/C10H10Cl2N6O/c1-5-2-6(11)15-9(12)8(5)16-7(19)3-18-4-14-10(13)17-18/h2,4H,3H2,1H3,(H2,13,17)(H,16,19). The highest BCUT2D eigenvalue weighted by molar-refractivity contribution is 6.34. The molecule has 0 radical (unpaired) electrons. The third-order valence-corrected chi connectivity index (χ3v) is 2.73. The summed E-state index contributed by atoms with van der Waals surface area (Å²) in [5, 5.41) is 6.85. The summed E-state index contributed by atoms with van der Waals surface area (Å²) in [6.45, 7) is 1.74. The molecule has 9 heteroatoms. The predicted molar refractivity (Wildman–Crippen MR) is 72.1 cm³/mol. The zero-order valence-corrected chi connectivity index (χ0v) is 11.4. The highest BCUT2D eigenvalue weighted by Crippen LogP contribution is 2.26. The van der Waals surface area contributed by atoms with Crippen LogP contribution < -0.4 is 11.1 Å². The largest absolute Gasteiger partial charge is 0.367 e. The normalized spacial score (nSPS) is 10.5. The number of halogens is 2. The van der Waals surface area contributed by atoms with E-state index in [1.807, 2.05) is 0 Å². The van der Waals surface area contributed by atoms with Crippen LogP contribution in [0.5, 0.6) is 0 Å². The molecule has 100 valence electrons. The van der Waals surface area contributed by atoms with Crippen LogP contribution in [-0.2, 0) is 11.3 Å². The van der Waals surface area contributed by atoms with Gasteiger partial charge < -0.3 is 11.1 Å². The first-order valence-corrected chi connectivity index (χ1v) is 5.98. The summed E-state index contributed by atoms with van der Waals surface area (Å²) in [7, 11) is 0. The van der Waals surface area contributed by atoms with Gasteiger partial charge in [0.1, 0.15) is 18.0 Å². The van der Waals surface area contributed by atoms with Crippen molar-refractivity contribution in [2.75, 3.05) is 11.1 Å². The van der Waals surface area contributed by atoms with Crippen LogP contribution in [0, 0.1) is 6.92 Å². The maximum absolute atomic E-state index is 11.8. The number of carbonyl (C=O) groups excluding carboxylic acids is 1. The number of pyridine rings is 1. The molecule has 2 rings (SSSR count). The molecule has 0 aliphatic carbocycles. The molecule has 0 bridgehead atoms. The Morgan fingerprint density at radius 2 is 2.26 bits per heavy atom. The molecule has 0 unspecified atom stereocenters. The maximum atomic E-state index is 11.8. The van der Waals surface area contributed by atoms with E-state index >= 15 is 0 Å². The van der Waals surface area contributed by atoms with Crippen LogP contribution in [0.25, 0.3) is 0 Å². The highest BCUT2D eigenvalue weighted by Gasteiger charge is 2.12. The molecule has 3 N–H and O–H groups in total. The number of nitrogens with zero attached hydrogens (tertiary/aromatic N) is 4. The number of rotatable bonds is 3. The van der Waals surface area contributed by atoms with Crippen molar-refractivity contribution in [2.24, 2.45) is 0 Å². The highest BCUT2D eigenvalue weighted by atomic mass is 35.5. The second-order valence-electron chi connectivity index (χ2n) is 3.78. The lowest BCUT2D eigenvalue weighted by molar-refractivity contribution is -0.116. The lowest BCUT2D eigenvalue weighted by Gasteiger charge is -2.10. The van der Waals surface area contributed by atoms with Gasteiger partial charge in [-0.3, -0.25) is 4.79 Å². The molecule has 0 fully saturated rings. The van der Waals surface area contributed by atoms with Crippen molar-refractivity contribution in [3.63, 3.8) is 0 Å². The number of nitrogens with one attached hydrogen (secondary N) is 1. The summed E-state index contributed by atoms with van der Waals surface area (Å²) in [6.07, 6.45) is 1.36. The number of amides is 1. The molecule has 0 saturated carbocycles. The Morgan fingerprint density at radius 3 is 2.84 bits per heavy atom. The fraction of sp³-hybridized carbons (Fsp3) is 0.200. The topological polar surface area (TPSA) is 98.7 Å². The summed E-state index contributed by atoms with van der Waals surface area (Å²) in [5.41, 5.74) is 6.49. The van der Waals surface area contributed by atoms with Crippen LogP contribution in [0.1, 0.15) is 5.56 Å². The van der Waals surface area contributed by atoms with Crippen molar-refractivity contribution >= 4 is 40.7 Å². The van der Waals surface area contributed by atoms with Crippen LogP contribution in [0.4, 0.5) is 11.6 Å². The van der Waals surface area contributed by atoms with E-state index in [0.717, 1.165) is 5.56 Å². The monoisotopic (exact) mass is 300 g/mol. The van der Waals surface area contributed by atoms with Gasteiger partial charge in [0, 0.05) is 0 Å². The first kappa shape index (κ1) is 13.6. The van der Waals surface area contributed by atoms with Crippen LogP contribution >= 0.6 is 23.2 Å². The Bertz CT molecular complexity index is 603. The Balaban J connectivity index is 2.11. The second-order valence-corrected chi connectivity index (χ2v) is 4.52. The van der Waals surface area contributed by atoms with E-state index < -0.39 is 0 Å². The molecule has 2 aromatic heterocycles. The molecule has 7 nitrogen and oxygen atoms in total. The van der Waals surface area contributed by atoms with Crippen molar-refractivity contribution in [1.82, 2.24) is 19.7 Å². The van der Waals surface area contributed by atoms with Gasteiger partial charge in [-0.05, 0) is 18.6 Å². The van der Waals surface area contributed by atoms with Gasteiger partial charge in [-0.15, -0.1) is 5.10 Å². The molecule has 0 saturated heterocycles. The Labute approximate surface area is 118 Å². The number of carbonyl (C=O) groups is 1. The van der Waals surface area contributed by atoms with Gasteiger partial charge in [0.2, 0.25) is 11.9 Å². The van der Waals surface area contributed by atoms with Gasteiger partial charge in [0.05, 0.1) is 5.69 Å². The lowest BCUT2D eigenvalue weighted by atomic mass is 10.2. The zero-order chi connectivity index (χ0) is 14.0. The number of anilines is 2. The van der Waals surface area contributed by atoms with E-state index in [2.05, 4.69) is 20.4 Å². The van der Waals surface area contributed by atoms with E-state index in [4.69, 9.17) is 28.9 Å². The van der Waals surface area contributed by atoms with E-state index in [1.165, 1.54) is 11.0 Å². The smallest absolute Gasteiger partial charge is 0.246 e. The predicted octanol–water partition coefficient (Wildman–Crippen LogP) is 1.51. The van der Waals surface area contributed by atoms with E-state index in [-0.39, 0.29) is 28.7 Å². The van der Waals surface area contributed by atoms with Crippen molar-refractivity contribution in [3.05, 3.63) is 28.3 Å². The molecule has 2 aromatic rings. The number of hydrogen-bond acceptors (Lipinski definition) is 5. The van der Waals surface area contributed by atoms with Crippen LogP contribution in [0.15, 0.2) is 12.4 Å². The molecule has 0 spiro atoms. The van der Waals surface area contributed by atoms with Gasteiger partial charge in [0.15, 0.2) is 5.15 Å². The third-order valence-electron chi connectivity index (χ3n) is 2.27. The quantitative estimate of drug-likeness (QED) is 0.837. The molecule has 0 aliphatic rings. The average Bonchev–Trinajstić information content (AvgIpc) is 2.69. The summed E-state index contributed by atoms with van der Waals surface area (Å²) in [5.74, 6) is -0.214. The fourth-order valence-corrected chi connectivity index (χ4v) is 2.04. The molecule has 0 aliphatic heterocycles. The fourth-order valence-electron chi connectivity index (χ4n) is 1.46. The minimum absolute atomic E-state index is 0.0252. The minimum atomic E-state index is -0.320. The van der Waals surface area contributed by atoms with Crippen LogP contribution in [-0.4, -0.2) is 25.7 Å². The van der Waals surface area contributed by atoms with Gasteiger partial charge >= 0.3 is 0 Å². The van der Waals surface area contributed by atoms with Crippen molar-refractivity contribution in [1.29, 1.82) is 0 Å². The molecule has 0 aromatic carbocycles. The van der Waals surface area contributed by atoms with Crippen molar-refractivity contribution < 1.29 is 4.79 Å². The Kier molecular flexibility index (Phi) is 3.87. The first-order valence-electron chi connectivity index (χ1n) is 5.23. The summed E-state index contributed by atoms with van der Waals surface area (Å²) in [6, 6.07) is 1.61. The van der Waals surface area contributed by atoms with Gasteiger partial charge in [-0.2, -0.15) is 0 Å². The molecule has 0 atom stereocenters. The van der Waals surface area contributed by atoms with Crippen molar-refractivity contribution in [3.8, 4) is 0 Å². The lowest BCUT2D eigenvalue weighted by Crippen LogP contribution is -2.20. The van der Waals surface area contributed by atoms with Crippen LogP contribution in [0.2, 0.25) is 10.3 Å². The van der Waals surface area contributed by atoms with Gasteiger partial charge in [-0.25, -0.2) is 14.6 Å². The molecular formula is C10H10Cl2N6O. The summed E-state index contributed by atoms with van der Waals surface area (Å²) in [4.78, 5) is 19.4. The summed E-state index contributed by atoms with van der Waals surface area (Å²) < 4.78 is 1.32. The Morgan fingerprint density at radius 1 is 1.53 bits per heavy atom. The van der Waals surface area contributed by atoms with Gasteiger partial charge in [-0.1, -0.05) is 23.2 Å². The average molecular weight is 301 g/mol. The third kappa shape index (κ3) is 3.33. The number of nitrogens with two attached hydrogens (primary N) is 1. The molecule has 19 heavy (non-hydrogen) atoms. The number of aromatic nitrogens is 4. The van der Waals surface area contributed by atoms with Crippen LogP contribution in [0.3, 0.4) is 0 Å². The first-order chi connectivity index (χ1) is 8.95. The molecule has 1 amide bonds. The second kappa shape index (κ2) is 5.41. The van der Waals surface area contributed by atoms with E-state index in [0.29, 0.717) is 5.69 Å². The SMILES string of the molecule is Cc1cc(Cl)nc(Cl)c1NC(=O)Cn1cnc(N)n1. The molecule has 2 heterocycles. The Hall–Kier alpha value is -1.86. The van der Waals surface area contributed by atoms with E-state index in [9.17, 15) is 4.79 Å². The van der Waals surface area contributed by atoms with Crippen molar-refractivity contribution in [2.45, 2.75) is 13.5 Å². The number of nitrogen functional groups attached to an aromatic ring is 1. The minimum Gasteiger partial charge on any atom is -0.367 e. The molecular weight excluding hydrogens is 291 g/mol. The van der Waals surface area contributed by atoms with E-state index in [1.54, 1.807) is 13.0 Å².